The molecule has 1 aliphatic rings. The highest BCUT2D eigenvalue weighted by molar-refractivity contribution is 5.85. The summed E-state index contributed by atoms with van der Waals surface area (Å²) in [5.74, 6) is 0.318. The topological polar surface area (TPSA) is 77.1 Å². The molecule has 0 bridgehead atoms. The average Bonchev–Trinajstić information content (AvgIpc) is 3.17. The molecule has 1 unspecified atom stereocenters. The van der Waals surface area contributed by atoms with E-state index in [-0.39, 0.29) is 23.1 Å². The van der Waals surface area contributed by atoms with Crippen molar-refractivity contribution < 1.29 is 9.53 Å². The fourth-order valence-electron chi connectivity index (χ4n) is 3.61. The molecule has 1 aliphatic heterocycles. The van der Waals surface area contributed by atoms with Crippen LogP contribution in [0.1, 0.15) is 55.0 Å². The smallest absolute Gasteiger partial charge is 0.266 e. The van der Waals surface area contributed by atoms with Crippen molar-refractivity contribution in [3.05, 3.63) is 64.7 Å². The van der Waals surface area contributed by atoms with Gasteiger partial charge < -0.3 is 9.64 Å². The van der Waals surface area contributed by atoms with Gasteiger partial charge in [0, 0.05) is 6.54 Å². The first kappa shape index (κ1) is 19.5. The van der Waals surface area contributed by atoms with E-state index < -0.39 is 5.60 Å². The number of benzene rings is 2. The van der Waals surface area contributed by atoms with Crippen LogP contribution in [0.5, 0.6) is 5.75 Å². The molecule has 2 aromatic rings. The number of hydrogen-bond acceptors (Lipinski definition) is 4. The summed E-state index contributed by atoms with van der Waals surface area (Å²) < 4.78 is 5.97. The molecule has 3 rings (SSSR count). The van der Waals surface area contributed by atoms with E-state index in [1.165, 1.54) is 11.6 Å². The molecule has 1 heterocycles. The summed E-state index contributed by atoms with van der Waals surface area (Å²) in [6.45, 7) is 6.22. The van der Waals surface area contributed by atoms with E-state index in [1.54, 1.807) is 26.0 Å². The number of ether oxygens (including phenoxy) is 1. The molecule has 1 saturated heterocycles. The first-order valence-corrected chi connectivity index (χ1v) is 9.36. The molecule has 0 N–H and O–H groups in total. The van der Waals surface area contributed by atoms with Gasteiger partial charge in [-0.2, -0.15) is 10.5 Å². The highest BCUT2D eigenvalue weighted by Crippen LogP contribution is 2.35. The molecule has 0 spiro atoms. The normalized spacial score (nSPS) is 16.3. The maximum absolute atomic E-state index is 13.3. The highest BCUT2D eigenvalue weighted by atomic mass is 16.5. The third kappa shape index (κ3) is 3.85. The minimum Gasteiger partial charge on any atom is -0.478 e. The molecule has 0 radical (unpaired) electrons. The van der Waals surface area contributed by atoms with Crippen LogP contribution in [0.3, 0.4) is 0 Å². The van der Waals surface area contributed by atoms with Gasteiger partial charge in [-0.05, 0) is 57.4 Å². The number of aryl methyl sites for hydroxylation is 1. The number of rotatable bonds is 4. The van der Waals surface area contributed by atoms with Crippen LogP contribution >= 0.6 is 0 Å². The van der Waals surface area contributed by atoms with Gasteiger partial charge in [-0.15, -0.1) is 0 Å². The van der Waals surface area contributed by atoms with Crippen LogP contribution in [0.2, 0.25) is 0 Å². The van der Waals surface area contributed by atoms with Crippen molar-refractivity contribution in [2.24, 2.45) is 0 Å². The molecule has 28 heavy (non-hydrogen) atoms. The molecule has 0 aliphatic carbocycles. The summed E-state index contributed by atoms with van der Waals surface area (Å²) in [4.78, 5) is 15.2. The Morgan fingerprint density at radius 1 is 1.11 bits per heavy atom. The SMILES string of the molecule is Cc1ccc(C2CCCN2C(=O)C(C)(C)Oc2ccc(C#N)c(C#N)c2)cc1. The number of amides is 1. The Balaban J connectivity index is 1.81. The Kier molecular flexibility index (Phi) is 5.38. The van der Waals surface area contributed by atoms with Gasteiger partial charge in [0.15, 0.2) is 5.60 Å². The van der Waals surface area contributed by atoms with Crippen molar-refractivity contribution in [3.8, 4) is 17.9 Å². The summed E-state index contributed by atoms with van der Waals surface area (Å²) in [5, 5.41) is 18.3. The Hall–Kier alpha value is -3.31. The Morgan fingerprint density at radius 3 is 2.43 bits per heavy atom. The van der Waals surface area contributed by atoms with Crippen LogP contribution in [0.15, 0.2) is 42.5 Å². The van der Waals surface area contributed by atoms with Gasteiger partial charge >= 0.3 is 0 Å². The molecule has 5 nitrogen and oxygen atoms in total. The third-order valence-electron chi connectivity index (χ3n) is 5.10. The molecule has 2 aromatic carbocycles. The van der Waals surface area contributed by atoms with Gasteiger partial charge in [-0.1, -0.05) is 29.8 Å². The van der Waals surface area contributed by atoms with Crippen molar-refractivity contribution >= 4 is 5.91 Å². The average molecular weight is 373 g/mol. The van der Waals surface area contributed by atoms with Gasteiger partial charge in [-0.3, -0.25) is 4.79 Å². The monoisotopic (exact) mass is 373 g/mol. The zero-order chi connectivity index (χ0) is 20.3. The predicted molar refractivity (Wildman–Crippen MR) is 105 cm³/mol. The number of nitriles is 2. The molecule has 1 atom stereocenters. The summed E-state index contributed by atoms with van der Waals surface area (Å²) >= 11 is 0. The second-order valence-corrected chi connectivity index (χ2v) is 7.61. The highest BCUT2D eigenvalue weighted by Gasteiger charge is 2.40. The third-order valence-corrected chi connectivity index (χ3v) is 5.10. The lowest BCUT2D eigenvalue weighted by atomic mass is 10.0. The summed E-state index contributed by atoms with van der Waals surface area (Å²) in [6.07, 6.45) is 1.89. The minimum absolute atomic E-state index is 0.0478. The van der Waals surface area contributed by atoms with Gasteiger partial charge in [0.05, 0.1) is 17.2 Å². The first-order chi connectivity index (χ1) is 13.4. The number of carbonyl (C=O) groups is 1. The maximum atomic E-state index is 13.3. The maximum Gasteiger partial charge on any atom is 0.266 e. The van der Waals surface area contributed by atoms with E-state index in [4.69, 9.17) is 10.00 Å². The van der Waals surface area contributed by atoms with Gasteiger partial charge in [-0.25, -0.2) is 0 Å². The van der Waals surface area contributed by atoms with E-state index in [0.717, 1.165) is 18.4 Å². The largest absolute Gasteiger partial charge is 0.478 e. The molecule has 0 saturated carbocycles. The number of carbonyl (C=O) groups excluding carboxylic acids is 1. The van der Waals surface area contributed by atoms with Crippen LogP contribution in [0.4, 0.5) is 0 Å². The van der Waals surface area contributed by atoms with E-state index in [1.807, 2.05) is 24.0 Å². The first-order valence-electron chi connectivity index (χ1n) is 9.36. The lowest BCUT2D eigenvalue weighted by Crippen LogP contribution is -2.48. The zero-order valence-corrected chi connectivity index (χ0v) is 16.4. The lowest BCUT2D eigenvalue weighted by Gasteiger charge is -2.33. The lowest BCUT2D eigenvalue weighted by molar-refractivity contribution is -0.146. The summed E-state index contributed by atoms with van der Waals surface area (Å²) in [5.41, 5.74) is 1.77. The van der Waals surface area contributed by atoms with Gasteiger partial charge in [0.2, 0.25) is 0 Å². The van der Waals surface area contributed by atoms with Crippen molar-refractivity contribution in [2.45, 2.75) is 45.3 Å². The molecule has 1 amide bonds. The van der Waals surface area contributed by atoms with Crippen LogP contribution in [-0.4, -0.2) is 23.0 Å². The Labute approximate surface area is 165 Å². The van der Waals surface area contributed by atoms with Crippen LogP contribution in [-0.2, 0) is 4.79 Å². The van der Waals surface area contributed by atoms with Crippen molar-refractivity contribution in [1.29, 1.82) is 10.5 Å². The van der Waals surface area contributed by atoms with E-state index in [2.05, 4.69) is 24.3 Å². The Morgan fingerprint density at radius 2 is 1.79 bits per heavy atom. The molecule has 1 fully saturated rings. The van der Waals surface area contributed by atoms with Crippen molar-refractivity contribution in [2.75, 3.05) is 6.54 Å². The molecular formula is C23H23N3O2. The molecule has 142 valence electrons. The number of hydrogen-bond donors (Lipinski definition) is 0. The van der Waals surface area contributed by atoms with Crippen LogP contribution < -0.4 is 4.74 Å². The van der Waals surface area contributed by atoms with E-state index in [9.17, 15) is 10.1 Å². The van der Waals surface area contributed by atoms with Crippen molar-refractivity contribution in [3.63, 3.8) is 0 Å². The second kappa shape index (κ2) is 7.74. The van der Waals surface area contributed by atoms with Gasteiger partial charge in [0.25, 0.3) is 5.91 Å². The molecular weight excluding hydrogens is 350 g/mol. The standard InChI is InChI=1S/C23H23N3O2/c1-16-6-8-17(9-7-16)21-5-4-12-26(21)22(27)23(2,3)28-20-11-10-18(14-24)19(13-20)15-25/h6-11,13,21H,4-5,12H2,1-3H3. The van der Waals surface area contributed by atoms with E-state index in [0.29, 0.717) is 12.3 Å². The Bertz CT molecular complexity index is 965. The summed E-state index contributed by atoms with van der Waals surface area (Å²) in [6, 6.07) is 17.0. The minimum atomic E-state index is -1.09. The number of likely N-dealkylation sites (tertiary alicyclic amines) is 1. The number of nitrogens with zero attached hydrogens (tertiary/aromatic N) is 3. The van der Waals surface area contributed by atoms with Crippen molar-refractivity contribution in [1.82, 2.24) is 4.90 Å². The molecule has 5 heteroatoms. The quantitative estimate of drug-likeness (QED) is 0.802. The molecule has 0 aromatic heterocycles. The van der Waals surface area contributed by atoms with Gasteiger partial charge in [0.1, 0.15) is 17.9 Å². The fourth-order valence-corrected chi connectivity index (χ4v) is 3.61. The predicted octanol–water partition coefficient (Wildman–Crippen LogP) is 4.26. The van der Waals surface area contributed by atoms with Crippen LogP contribution in [0.25, 0.3) is 0 Å². The van der Waals surface area contributed by atoms with E-state index >= 15 is 0 Å². The van der Waals surface area contributed by atoms with Crippen LogP contribution in [0, 0.1) is 29.6 Å². The summed E-state index contributed by atoms with van der Waals surface area (Å²) in [7, 11) is 0. The zero-order valence-electron chi connectivity index (χ0n) is 16.4. The second-order valence-electron chi connectivity index (χ2n) is 7.61. The fraction of sp³-hybridized carbons (Fsp3) is 0.348.